The van der Waals surface area contributed by atoms with Gasteiger partial charge in [0.15, 0.2) is 0 Å². The van der Waals surface area contributed by atoms with Crippen LogP contribution >= 0.6 is 0 Å². The molecule has 84 valence electrons. The van der Waals surface area contributed by atoms with Crippen LogP contribution in [0, 0.1) is 5.41 Å². The Morgan fingerprint density at radius 3 is 2.50 bits per heavy atom. The van der Waals surface area contributed by atoms with Gasteiger partial charge in [0.1, 0.15) is 0 Å². The number of ether oxygens (including phenoxy) is 1. The van der Waals surface area contributed by atoms with E-state index < -0.39 is 0 Å². The zero-order valence-corrected chi connectivity index (χ0v) is 9.85. The quantitative estimate of drug-likeness (QED) is 0.667. The minimum absolute atomic E-state index is 0.112. The Bertz CT molecular complexity index is 161. The smallest absolute Gasteiger partial charge is 0.219 e. The summed E-state index contributed by atoms with van der Waals surface area (Å²) >= 11 is 0. The summed E-state index contributed by atoms with van der Waals surface area (Å²) in [6.45, 7) is 10.5. The van der Waals surface area contributed by atoms with Crippen molar-refractivity contribution in [1.82, 2.24) is 5.32 Å². The van der Waals surface area contributed by atoms with Crippen LogP contribution in [0.2, 0.25) is 0 Å². The maximum Gasteiger partial charge on any atom is 0.219 e. The van der Waals surface area contributed by atoms with Gasteiger partial charge in [0, 0.05) is 19.6 Å². The van der Waals surface area contributed by atoms with Crippen LogP contribution in [0.3, 0.4) is 0 Å². The van der Waals surface area contributed by atoms with Gasteiger partial charge in [0.05, 0.1) is 6.61 Å². The maximum absolute atomic E-state index is 10.9. The molecule has 0 spiro atoms. The van der Waals surface area contributed by atoms with E-state index in [4.69, 9.17) is 4.74 Å². The molecule has 0 heterocycles. The van der Waals surface area contributed by atoms with E-state index in [-0.39, 0.29) is 11.3 Å². The lowest BCUT2D eigenvalue weighted by Gasteiger charge is -2.17. The third kappa shape index (κ3) is 9.52. The monoisotopic (exact) mass is 201 g/mol. The van der Waals surface area contributed by atoms with Gasteiger partial charge in [-0.1, -0.05) is 27.7 Å². The van der Waals surface area contributed by atoms with Gasteiger partial charge in [-0.25, -0.2) is 0 Å². The Morgan fingerprint density at radius 1 is 1.36 bits per heavy atom. The second-order valence-electron chi connectivity index (χ2n) is 4.67. The fourth-order valence-corrected chi connectivity index (χ4v) is 0.905. The van der Waals surface area contributed by atoms with Crippen LogP contribution in [-0.4, -0.2) is 25.7 Å². The van der Waals surface area contributed by atoms with Gasteiger partial charge in [-0.15, -0.1) is 0 Å². The van der Waals surface area contributed by atoms with Crippen LogP contribution in [0.1, 0.15) is 40.5 Å². The molecule has 0 fully saturated rings. The van der Waals surface area contributed by atoms with E-state index in [9.17, 15) is 4.79 Å². The highest BCUT2D eigenvalue weighted by atomic mass is 16.5. The van der Waals surface area contributed by atoms with Crippen molar-refractivity contribution >= 4 is 5.91 Å². The van der Waals surface area contributed by atoms with E-state index in [2.05, 4.69) is 26.1 Å². The van der Waals surface area contributed by atoms with Crippen LogP contribution in [0.4, 0.5) is 0 Å². The van der Waals surface area contributed by atoms with Gasteiger partial charge in [-0.05, 0) is 11.8 Å². The number of amides is 1. The molecular weight excluding hydrogens is 178 g/mol. The second kappa shape index (κ2) is 6.82. The molecule has 0 aliphatic heterocycles. The molecule has 0 aromatic rings. The molecule has 1 amide bonds. The van der Waals surface area contributed by atoms with Gasteiger partial charge in [-0.3, -0.25) is 4.79 Å². The molecule has 0 rings (SSSR count). The Balaban J connectivity index is 3.18. The zero-order chi connectivity index (χ0) is 11.0. The molecule has 0 unspecified atom stereocenters. The van der Waals surface area contributed by atoms with Crippen molar-refractivity contribution in [3.63, 3.8) is 0 Å². The predicted octanol–water partition coefficient (Wildman–Crippen LogP) is 1.97. The van der Waals surface area contributed by atoms with E-state index in [1.165, 1.54) is 0 Å². The number of hydrogen-bond donors (Lipinski definition) is 1. The normalized spacial score (nSPS) is 11.4. The molecule has 0 bridgehead atoms. The van der Waals surface area contributed by atoms with Gasteiger partial charge in [0.25, 0.3) is 0 Å². The summed E-state index contributed by atoms with van der Waals surface area (Å²) in [7, 11) is 0. The van der Waals surface area contributed by atoms with Crippen molar-refractivity contribution in [1.29, 1.82) is 0 Å². The van der Waals surface area contributed by atoms with Crippen molar-refractivity contribution < 1.29 is 9.53 Å². The van der Waals surface area contributed by atoms with Crippen molar-refractivity contribution in [2.24, 2.45) is 5.41 Å². The predicted molar refractivity (Wildman–Crippen MR) is 58.2 cm³/mol. The second-order valence-corrected chi connectivity index (χ2v) is 4.67. The molecule has 0 aliphatic carbocycles. The first-order valence-electron chi connectivity index (χ1n) is 5.30. The first-order chi connectivity index (χ1) is 6.45. The summed E-state index contributed by atoms with van der Waals surface area (Å²) in [5, 5.41) is 2.81. The van der Waals surface area contributed by atoms with E-state index in [0.29, 0.717) is 6.42 Å². The molecule has 0 aliphatic rings. The Labute approximate surface area is 87.2 Å². The molecule has 0 radical (unpaired) electrons. The largest absolute Gasteiger partial charge is 0.381 e. The lowest BCUT2D eigenvalue weighted by atomic mass is 9.99. The van der Waals surface area contributed by atoms with Crippen LogP contribution in [0.15, 0.2) is 0 Å². The summed E-state index contributed by atoms with van der Waals surface area (Å²) < 4.78 is 5.46. The summed E-state index contributed by atoms with van der Waals surface area (Å²) in [4.78, 5) is 10.9. The van der Waals surface area contributed by atoms with Gasteiger partial charge in [0.2, 0.25) is 5.91 Å². The lowest BCUT2D eigenvalue weighted by Crippen LogP contribution is -2.24. The lowest BCUT2D eigenvalue weighted by molar-refractivity contribution is -0.120. The van der Waals surface area contributed by atoms with Crippen molar-refractivity contribution in [3.05, 3.63) is 0 Å². The van der Waals surface area contributed by atoms with Crippen LogP contribution in [-0.2, 0) is 9.53 Å². The Hall–Kier alpha value is -0.570. The zero-order valence-electron chi connectivity index (χ0n) is 9.85. The van der Waals surface area contributed by atoms with Gasteiger partial charge in [-0.2, -0.15) is 0 Å². The molecule has 3 nitrogen and oxygen atoms in total. The number of rotatable bonds is 6. The summed E-state index contributed by atoms with van der Waals surface area (Å²) in [6.07, 6.45) is 1.45. The highest BCUT2D eigenvalue weighted by Gasteiger charge is 2.09. The van der Waals surface area contributed by atoms with Gasteiger partial charge < -0.3 is 10.1 Å². The highest BCUT2D eigenvalue weighted by Crippen LogP contribution is 2.12. The van der Waals surface area contributed by atoms with E-state index in [1.54, 1.807) is 0 Å². The molecule has 3 heteroatoms. The topological polar surface area (TPSA) is 38.3 Å². The number of hydrogen-bond acceptors (Lipinski definition) is 2. The van der Waals surface area contributed by atoms with E-state index in [1.807, 2.05) is 6.92 Å². The number of nitrogens with one attached hydrogen (secondary N) is 1. The Morgan fingerprint density at radius 2 is 2.00 bits per heavy atom. The molecule has 0 aromatic carbocycles. The van der Waals surface area contributed by atoms with Crippen LogP contribution in [0.25, 0.3) is 0 Å². The average Bonchev–Trinajstić information content (AvgIpc) is 2.08. The van der Waals surface area contributed by atoms with Crippen molar-refractivity contribution in [2.45, 2.75) is 40.5 Å². The summed E-state index contributed by atoms with van der Waals surface area (Å²) in [5.41, 5.74) is 0.229. The average molecular weight is 201 g/mol. The first-order valence-corrected chi connectivity index (χ1v) is 5.30. The molecule has 14 heavy (non-hydrogen) atoms. The first kappa shape index (κ1) is 13.4. The SMILES string of the molecule is CCC(=O)NCCCOCC(C)(C)C. The summed E-state index contributed by atoms with van der Waals surface area (Å²) in [5.74, 6) is 0.112. The van der Waals surface area contributed by atoms with Crippen molar-refractivity contribution in [3.8, 4) is 0 Å². The Kier molecular flexibility index (Phi) is 6.54. The van der Waals surface area contributed by atoms with Crippen LogP contribution < -0.4 is 5.32 Å². The fraction of sp³-hybridized carbons (Fsp3) is 0.909. The minimum Gasteiger partial charge on any atom is -0.381 e. The standard InChI is InChI=1S/C11H23NO2/c1-5-10(13)12-7-6-8-14-9-11(2,3)4/h5-9H2,1-4H3,(H,12,13). The van der Waals surface area contributed by atoms with Crippen molar-refractivity contribution in [2.75, 3.05) is 19.8 Å². The maximum atomic E-state index is 10.9. The fourth-order valence-electron chi connectivity index (χ4n) is 0.905. The van der Waals surface area contributed by atoms with E-state index in [0.717, 1.165) is 26.2 Å². The van der Waals surface area contributed by atoms with E-state index >= 15 is 0 Å². The summed E-state index contributed by atoms with van der Waals surface area (Å²) in [6, 6.07) is 0. The third-order valence-electron chi connectivity index (χ3n) is 1.64. The molecule has 0 saturated carbocycles. The number of carbonyl (C=O) groups excluding carboxylic acids is 1. The highest BCUT2D eigenvalue weighted by molar-refractivity contribution is 5.75. The minimum atomic E-state index is 0.112. The number of carbonyl (C=O) groups is 1. The molecule has 0 atom stereocenters. The molecule has 0 saturated heterocycles. The molecular formula is C11H23NO2. The van der Waals surface area contributed by atoms with Gasteiger partial charge >= 0.3 is 0 Å². The third-order valence-corrected chi connectivity index (χ3v) is 1.64. The van der Waals surface area contributed by atoms with Crippen LogP contribution in [0.5, 0.6) is 0 Å². The molecule has 1 N–H and O–H groups in total. The molecule has 0 aromatic heterocycles.